The van der Waals surface area contributed by atoms with Crippen molar-refractivity contribution in [2.45, 2.75) is 6.10 Å². The number of benzene rings is 1. The first kappa shape index (κ1) is 14.0. The lowest BCUT2D eigenvalue weighted by Crippen LogP contribution is -1.97. The summed E-state index contributed by atoms with van der Waals surface area (Å²) in [5.41, 5.74) is 0.818. The van der Waals surface area contributed by atoms with E-state index in [4.69, 9.17) is 11.6 Å². The van der Waals surface area contributed by atoms with Crippen molar-refractivity contribution in [3.8, 4) is 0 Å². The van der Waals surface area contributed by atoms with E-state index in [1.807, 2.05) is 24.3 Å². The van der Waals surface area contributed by atoms with Gasteiger partial charge in [-0.1, -0.05) is 49.5 Å². The fraction of sp³-hybridized carbons (Fsp3) is 0.0909. The lowest BCUT2D eigenvalue weighted by Gasteiger charge is -2.11. The van der Waals surface area contributed by atoms with E-state index in [-0.39, 0.29) is 0 Å². The van der Waals surface area contributed by atoms with Gasteiger partial charge in [-0.3, -0.25) is 0 Å². The number of halogens is 4. The minimum absolute atomic E-state index is 0.646. The van der Waals surface area contributed by atoms with Crippen molar-refractivity contribution in [1.29, 1.82) is 0 Å². The minimum atomic E-state index is -0.675. The van der Waals surface area contributed by atoms with Gasteiger partial charge in [0.2, 0.25) is 0 Å². The van der Waals surface area contributed by atoms with Gasteiger partial charge >= 0.3 is 0 Å². The Hall–Kier alpha value is 0.610. The third-order valence-corrected chi connectivity index (χ3v) is 5.90. The van der Waals surface area contributed by atoms with Crippen LogP contribution in [0.25, 0.3) is 0 Å². The molecule has 0 amide bonds. The van der Waals surface area contributed by atoms with Gasteiger partial charge in [-0.25, -0.2) is 0 Å². The van der Waals surface area contributed by atoms with E-state index in [2.05, 4.69) is 47.8 Å². The molecule has 0 aliphatic carbocycles. The van der Waals surface area contributed by atoms with Crippen molar-refractivity contribution in [3.63, 3.8) is 0 Å². The molecule has 1 unspecified atom stereocenters. The second-order valence-corrected chi connectivity index (χ2v) is 7.65. The first-order valence-electron chi connectivity index (χ1n) is 4.57. The van der Waals surface area contributed by atoms with Crippen LogP contribution in [0.3, 0.4) is 0 Å². The summed E-state index contributed by atoms with van der Waals surface area (Å²) in [5, 5.41) is 10.3. The predicted octanol–water partition coefficient (Wildman–Crippen LogP) is 5.77. The zero-order chi connectivity index (χ0) is 12.6. The summed E-state index contributed by atoms with van der Waals surface area (Å²) >= 11 is 17.5. The van der Waals surface area contributed by atoms with Gasteiger partial charge in [0.05, 0.1) is 0 Å². The fourth-order valence-electron chi connectivity index (χ4n) is 1.37. The van der Waals surface area contributed by atoms with E-state index in [9.17, 15) is 5.11 Å². The van der Waals surface area contributed by atoms with Crippen molar-refractivity contribution < 1.29 is 5.11 Å². The van der Waals surface area contributed by atoms with Crippen LogP contribution in [0.4, 0.5) is 0 Å². The van der Waals surface area contributed by atoms with Gasteiger partial charge in [0.25, 0.3) is 0 Å². The summed E-state index contributed by atoms with van der Waals surface area (Å²) < 4.78 is 3.28. The van der Waals surface area contributed by atoms with Gasteiger partial charge in [-0.2, -0.15) is 0 Å². The van der Waals surface area contributed by atoms with Crippen molar-refractivity contribution in [2.75, 3.05) is 0 Å². The van der Waals surface area contributed by atoms with Crippen molar-refractivity contribution in [3.05, 3.63) is 52.5 Å². The second kappa shape index (κ2) is 5.72. The molecular formula is C11H6Br3ClOS. The standard InChI is InChI=1S/C11H6Br3ClOS/c12-5-1-2-6(7(13)3-5)10(16)9-4-8(14)11(15)17-9/h1-4,10,16H. The molecule has 17 heavy (non-hydrogen) atoms. The van der Waals surface area contributed by atoms with Gasteiger partial charge in [-0.05, 0) is 34.1 Å². The van der Waals surface area contributed by atoms with E-state index in [1.54, 1.807) is 0 Å². The molecule has 0 spiro atoms. The van der Waals surface area contributed by atoms with E-state index in [0.29, 0.717) is 4.34 Å². The smallest absolute Gasteiger partial charge is 0.114 e. The number of rotatable bonds is 2. The van der Waals surface area contributed by atoms with Crippen molar-refractivity contribution in [2.24, 2.45) is 0 Å². The summed E-state index contributed by atoms with van der Waals surface area (Å²) in [5.74, 6) is 0. The summed E-state index contributed by atoms with van der Waals surface area (Å²) in [6, 6.07) is 7.52. The highest BCUT2D eigenvalue weighted by atomic mass is 79.9. The molecule has 0 radical (unpaired) electrons. The van der Waals surface area contributed by atoms with Gasteiger partial charge < -0.3 is 5.11 Å². The van der Waals surface area contributed by atoms with Gasteiger partial charge in [0.15, 0.2) is 0 Å². The molecule has 90 valence electrons. The molecule has 0 aliphatic rings. The highest BCUT2D eigenvalue weighted by Crippen LogP contribution is 2.39. The summed E-state index contributed by atoms with van der Waals surface area (Å²) in [4.78, 5) is 0.810. The molecule has 0 aliphatic heterocycles. The SMILES string of the molecule is OC(c1cc(Br)c(Cl)s1)c1ccc(Br)cc1Br. The average molecular weight is 461 g/mol. The molecule has 0 saturated heterocycles. The van der Waals surface area contributed by atoms with E-state index in [0.717, 1.165) is 23.9 Å². The Morgan fingerprint density at radius 3 is 2.35 bits per heavy atom. The van der Waals surface area contributed by atoms with Crippen LogP contribution < -0.4 is 0 Å². The van der Waals surface area contributed by atoms with Crippen LogP contribution in [-0.2, 0) is 0 Å². The lowest BCUT2D eigenvalue weighted by molar-refractivity contribution is 0.223. The molecular weight excluding hydrogens is 455 g/mol. The Morgan fingerprint density at radius 2 is 1.82 bits per heavy atom. The van der Waals surface area contributed by atoms with Gasteiger partial charge in [0, 0.05) is 23.9 Å². The number of hydrogen-bond acceptors (Lipinski definition) is 2. The third kappa shape index (κ3) is 3.14. The van der Waals surface area contributed by atoms with Gasteiger partial charge in [-0.15, -0.1) is 11.3 Å². The van der Waals surface area contributed by atoms with Crippen LogP contribution in [0.1, 0.15) is 16.5 Å². The first-order chi connectivity index (χ1) is 7.99. The maximum atomic E-state index is 10.3. The quantitative estimate of drug-likeness (QED) is 0.602. The summed E-state index contributed by atoms with van der Waals surface area (Å²) in [6.07, 6.45) is -0.675. The Kier molecular flexibility index (Phi) is 4.72. The second-order valence-electron chi connectivity index (χ2n) is 3.34. The average Bonchev–Trinajstić information content (AvgIpc) is 2.58. The summed E-state index contributed by atoms with van der Waals surface area (Å²) in [6.45, 7) is 0. The first-order valence-corrected chi connectivity index (χ1v) is 8.14. The zero-order valence-electron chi connectivity index (χ0n) is 8.25. The van der Waals surface area contributed by atoms with Crippen LogP contribution in [0.15, 0.2) is 37.7 Å². The van der Waals surface area contributed by atoms with Crippen molar-refractivity contribution >= 4 is 70.7 Å². The molecule has 0 saturated carbocycles. The van der Waals surface area contributed by atoms with Crippen molar-refractivity contribution in [1.82, 2.24) is 0 Å². The molecule has 0 fully saturated rings. The monoisotopic (exact) mass is 458 g/mol. The van der Waals surface area contributed by atoms with Crippen LogP contribution in [0.2, 0.25) is 4.34 Å². The molecule has 1 nitrogen and oxygen atoms in total. The third-order valence-electron chi connectivity index (χ3n) is 2.19. The molecule has 1 aromatic carbocycles. The number of aliphatic hydroxyl groups excluding tert-OH is 1. The molecule has 2 aromatic rings. The Balaban J connectivity index is 2.39. The van der Waals surface area contributed by atoms with Gasteiger partial charge in [0.1, 0.15) is 10.4 Å². The highest BCUT2D eigenvalue weighted by molar-refractivity contribution is 9.11. The number of aliphatic hydroxyl groups is 1. The molecule has 1 heterocycles. The molecule has 1 N–H and O–H groups in total. The topological polar surface area (TPSA) is 20.2 Å². The maximum absolute atomic E-state index is 10.3. The molecule has 0 bridgehead atoms. The Morgan fingerprint density at radius 1 is 1.12 bits per heavy atom. The number of thiophene rings is 1. The number of hydrogen-bond donors (Lipinski definition) is 1. The van der Waals surface area contributed by atoms with E-state index < -0.39 is 6.10 Å². The molecule has 1 aromatic heterocycles. The van der Waals surface area contributed by atoms with Crippen LogP contribution in [-0.4, -0.2) is 5.11 Å². The summed E-state index contributed by atoms with van der Waals surface area (Å²) in [7, 11) is 0. The fourth-order valence-corrected chi connectivity index (χ4v) is 4.38. The van der Waals surface area contributed by atoms with Crippen LogP contribution in [0, 0.1) is 0 Å². The van der Waals surface area contributed by atoms with Crippen LogP contribution >= 0.6 is 70.7 Å². The highest BCUT2D eigenvalue weighted by Gasteiger charge is 2.17. The molecule has 1 atom stereocenters. The predicted molar refractivity (Wildman–Crippen MR) is 82.9 cm³/mol. The normalized spacial score (nSPS) is 12.8. The van der Waals surface area contributed by atoms with E-state index >= 15 is 0 Å². The minimum Gasteiger partial charge on any atom is -0.383 e. The lowest BCUT2D eigenvalue weighted by atomic mass is 10.1. The Bertz CT molecular complexity index is 536. The maximum Gasteiger partial charge on any atom is 0.114 e. The Labute approximate surface area is 133 Å². The molecule has 2 rings (SSSR count). The largest absolute Gasteiger partial charge is 0.383 e. The molecule has 6 heteroatoms. The van der Waals surface area contributed by atoms with Crippen LogP contribution in [0.5, 0.6) is 0 Å². The van der Waals surface area contributed by atoms with E-state index in [1.165, 1.54) is 11.3 Å². The zero-order valence-corrected chi connectivity index (χ0v) is 14.6.